The molecule has 196 valence electrons. The van der Waals surface area contributed by atoms with Crippen LogP contribution in [0.5, 0.6) is 17.2 Å². The highest BCUT2D eigenvalue weighted by Gasteiger charge is 2.19. The Kier molecular flexibility index (Phi) is 10.2. The van der Waals surface area contributed by atoms with Crippen LogP contribution in [-0.4, -0.2) is 17.8 Å². The SMILES string of the molecule is CC(C)=CCC/C(C)=C/COc1c(OCC=C(C)C)c2ccc(OCc3ccccc3)cc2n(C)c1=O. The molecule has 0 aliphatic heterocycles. The van der Waals surface area contributed by atoms with Crippen LogP contribution >= 0.6 is 0 Å². The second kappa shape index (κ2) is 13.5. The third kappa shape index (κ3) is 8.14. The number of allylic oxidation sites excluding steroid dienone is 4. The van der Waals surface area contributed by atoms with Gasteiger partial charge in [0.25, 0.3) is 5.56 Å². The summed E-state index contributed by atoms with van der Waals surface area (Å²) in [6.07, 6.45) is 8.19. The van der Waals surface area contributed by atoms with Crippen LogP contribution in [0, 0.1) is 0 Å². The molecule has 37 heavy (non-hydrogen) atoms. The Morgan fingerprint density at radius 1 is 0.811 bits per heavy atom. The largest absolute Gasteiger partial charge is 0.489 e. The average Bonchev–Trinajstić information content (AvgIpc) is 2.87. The molecule has 0 amide bonds. The van der Waals surface area contributed by atoms with E-state index in [1.54, 1.807) is 11.6 Å². The average molecular weight is 502 g/mol. The van der Waals surface area contributed by atoms with Crippen LogP contribution in [0.25, 0.3) is 10.9 Å². The summed E-state index contributed by atoms with van der Waals surface area (Å²) in [5.41, 5.74) is 5.24. The van der Waals surface area contributed by atoms with Crippen LogP contribution in [0.2, 0.25) is 0 Å². The fraction of sp³-hybridized carbons (Fsp3) is 0.344. The zero-order valence-corrected chi connectivity index (χ0v) is 23.0. The summed E-state index contributed by atoms with van der Waals surface area (Å²) in [5, 5.41) is 0.801. The molecular formula is C32H39NO4. The van der Waals surface area contributed by atoms with Crippen LogP contribution < -0.4 is 19.8 Å². The van der Waals surface area contributed by atoms with Gasteiger partial charge < -0.3 is 18.8 Å². The summed E-state index contributed by atoms with van der Waals surface area (Å²) < 4.78 is 19.8. The standard InChI is InChI=1S/C32H39NO4/c1-23(2)11-10-12-25(5)18-20-36-31-30(35-19-17-24(3)4)28-16-15-27(21-29(28)33(6)32(31)34)37-22-26-13-8-7-9-14-26/h7-9,11,13-18,21H,10,12,19-20,22H2,1-6H3/b25-18+. The molecule has 0 saturated heterocycles. The van der Waals surface area contributed by atoms with Gasteiger partial charge in [-0.05, 0) is 77.3 Å². The van der Waals surface area contributed by atoms with Gasteiger partial charge in [-0.3, -0.25) is 4.79 Å². The number of benzene rings is 2. The van der Waals surface area contributed by atoms with Gasteiger partial charge in [-0.2, -0.15) is 0 Å². The number of aromatic nitrogens is 1. The molecule has 0 N–H and O–H groups in total. The minimum atomic E-state index is -0.240. The Hall–Kier alpha value is -3.73. The molecule has 1 aromatic heterocycles. The first-order valence-corrected chi connectivity index (χ1v) is 12.8. The maximum absolute atomic E-state index is 13.4. The van der Waals surface area contributed by atoms with E-state index in [1.165, 1.54) is 11.1 Å². The molecule has 1 heterocycles. The lowest BCUT2D eigenvalue weighted by molar-refractivity contribution is 0.303. The van der Waals surface area contributed by atoms with Gasteiger partial charge in [0.1, 0.15) is 25.6 Å². The minimum Gasteiger partial charge on any atom is -0.489 e. The van der Waals surface area contributed by atoms with Gasteiger partial charge in [0.2, 0.25) is 5.75 Å². The van der Waals surface area contributed by atoms with Crippen molar-refractivity contribution in [3.8, 4) is 17.2 Å². The molecule has 0 atom stereocenters. The number of hydrogen-bond donors (Lipinski definition) is 0. The van der Waals surface area contributed by atoms with Gasteiger partial charge in [-0.15, -0.1) is 0 Å². The smallest absolute Gasteiger partial charge is 0.297 e. The van der Waals surface area contributed by atoms with Gasteiger partial charge in [0, 0.05) is 18.5 Å². The molecular weight excluding hydrogens is 462 g/mol. The Balaban J connectivity index is 1.90. The van der Waals surface area contributed by atoms with E-state index in [4.69, 9.17) is 14.2 Å². The highest BCUT2D eigenvalue weighted by molar-refractivity contribution is 5.89. The van der Waals surface area contributed by atoms with Crippen LogP contribution in [0.15, 0.2) is 88.3 Å². The first-order valence-electron chi connectivity index (χ1n) is 12.8. The predicted molar refractivity (Wildman–Crippen MR) is 153 cm³/mol. The molecule has 5 heteroatoms. The lowest BCUT2D eigenvalue weighted by Crippen LogP contribution is -2.21. The number of fused-ring (bicyclic) bond motifs is 1. The van der Waals surface area contributed by atoms with Crippen LogP contribution in [-0.2, 0) is 13.7 Å². The number of ether oxygens (including phenoxy) is 3. The van der Waals surface area contributed by atoms with Crippen molar-refractivity contribution < 1.29 is 14.2 Å². The third-order valence-corrected chi connectivity index (χ3v) is 6.00. The van der Waals surface area contributed by atoms with Crippen molar-refractivity contribution in [3.05, 3.63) is 99.4 Å². The normalized spacial score (nSPS) is 11.2. The molecule has 2 aromatic carbocycles. The van der Waals surface area contributed by atoms with Gasteiger partial charge >= 0.3 is 0 Å². The van der Waals surface area contributed by atoms with Crippen molar-refractivity contribution in [2.45, 2.75) is 54.1 Å². The Morgan fingerprint density at radius 3 is 2.19 bits per heavy atom. The van der Waals surface area contributed by atoms with Gasteiger partial charge in [-0.1, -0.05) is 53.1 Å². The first-order chi connectivity index (χ1) is 17.8. The Bertz CT molecular complexity index is 1340. The number of rotatable bonds is 12. The maximum atomic E-state index is 13.4. The molecule has 0 radical (unpaired) electrons. The first kappa shape index (κ1) is 27.9. The summed E-state index contributed by atoms with van der Waals surface area (Å²) >= 11 is 0. The van der Waals surface area contributed by atoms with E-state index in [1.807, 2.05) is 74.5 Å². The molecule has 3 rings (SSSR count). The molecule has 0 aliphatic carbocycles. The highest BCUT2D eigenvalue weighted by atomic mass is 16.5. The van der Waals surface area contributed by atoms with Gasteiger partial charge in [0.15, 0.2) is 5.75 Å². The molecule has 5 nitrogen and oxygen atoms in total. The third-order valence-electron chi connectivity index (χ3n) is 6.00. The number of hydrogen-bond acceptors (Lipinski definition) is 4. The van der Waals surface area contributed by atoms with Gasteiger partial charge in [-0.25, -0.2) is 0 Å². The summed E-state index contributed by atoms with van der Waals surface area (Å²) in [7, 11) is 1.75. The van der Waals surface area contributed by atoms with Gasteiger partial charge in [0.05, 0.1) is 5.52 Å². The number of aryl methyl sites for hydroxylation is 1. The minimum absolute atomic E-state index is 0.225. The van der Waals surface area contributed by atoms with E-state index in [0.29, 0.717) is 31.3 Å². The molecule has 0 saturated carbocycles. The molecule has 3 aromatic rings. The second-order valence-corrected chi connectivity index (χ2v) is 9.75. The van der Waals surface area contributed by atoms with E-state index in [9.17, 15) is 4.79 Å². The topological polar surface area (TPSA) is 49.7 Å². The van der Waals surface area contributed by atoms with Crippen molar-refractivity contribution in [2.75, 3.05) is 13.2 Å². The summed E-state index contributed by atoms with van der Waals surface area (Å²) in [5.74, 6) is 1.37. The van der Waals surface area contributed by atoms with Crippen LogP contribution in [0.1, 0.15) is 53.0 Å². The lowest BCUT2D eigenvalue weighted by atomic mass is 10.1. The van der Waals surface area contributed by atoms with Crippen molar-refractivity contribution >= 4 is 10.9 Å². The van der Waals surface area contributed by atoms with E-state index < -0.39 is 0 Å². The van der Waals surface area contributed by atoms with E-state index in [-0.39, 0.29) is 11.3 Å². The number of nitrogens with zero attached hydrogens (tertiary/aromatic N) is 1. The summed E-state index contributed by atoms with van der Waals surface area (Å²) in [6, 6.07) is 15.7. The fourth-order valence-electron chi connectivity index (χ4n) is 3.81. The lowest BCUT2D eigenvalue weighted by Gasteiger charge is -2.17. The van der Waals surface area contributed by atoms with Crippen molar-refractivity contribution in [2.24, 2.45) is 7.05 Å². The summed E-state index contributed by atoms with van der Waals surface area (Å²) in [6.45, 7) is 11.4. The zero-order valence-electron chi connectivity index (χ0n) is 23.0. The van der Waals surface area contributed by atoms with E-state index >= 15 is 0 Å². The maximum Gasteiger partial charge on any atom is 0.297 e. The van der Waals surface area contributed by atoms with Crippen molar-refractivity contribution in [1.82, 2.24) is 4.57 Å². The monoisotopic (exact) mass is 501 g/mol. The second-order valence-electron chi connectivity index (χ2n) is 9.75. The quantitative estimate of drug-likeness (QED) is 0.241. The van der Waals surface area contributed by atoms with E-state index in [0.717, 1.165) is 34.9 Å². The van der Waals surface area contributed by atoms with Crippen LogP contribution in [0.4, 0.5) is 0 Å². The Labute approximate surface area is 220 Å². The fourth-order valence-corrected chi connectivity index (χ4v) is 3.81. The van der Waals surface area contributed by atoms with Crippen molar-refractivity contribution in [1.29, 1.82) is 0 Å². The summed E-state index contributed by atoms with van der Waals surface area (Å²) in [4.78, 5) is 13.4. The highest BCUT2D eigenvalue weighted by Crippen LogP contribution is 2.34. The molecule has 0 fully saturated rings. The molecule has 0 unspecified atom stereocenters. The molecule has 0 aliphatic rings. The molecule has 0 spiro atoms. The van der Waals surface area contributed by atoms with Crippen LogP contribution in [0.3, 0.4) is 0 Å². The van der Waals surface area contributed by atoms with Crippen molar-refractivity contribution in [3.63, 3.8) is 0 Å². The Morgan fingerprint density at radius 2 is 1.49 bits per heavy atom. The molecule has 0 bridgehead atoms. The van der Waals surface area contributed by atoms with E-state index in [2.05, 4.69) is 26.8 Å². The zero-order chi connectivity index (χ0) is 26.8. The number of pyridine rings is 1. The predicted octanol–water partition coefficient (Wildman–Crippen LogP) is 7.53.